The number of halogens is 1. The Morgan fingerprint density at radius 3 is 2.34 bits per heavy atom. The number of rotatable bonds is 10. The van der Waals surface area contributed by atoms with E-state index in [2.05, 4.69) is 5.32 Å². The van der Waals surface area contributed by atoms with E-state index in [0.717, 1.165) is 10.5 Å². The maximum Gasteiger partial charge on any atom is 0.332 e. The lowest BCUT2D eigenvalue weighted by Crippen LogP contribution is -2.39. The highest BCUT2D eigenvalue weighted by atomic mass is 19.1. The van der Waals surface area contributed by atoms with Crippen LogP contribution in [0.25, 0.3) is 0 Å². The van der Waals surface area contributed by atoms with Crippen LogP contribution in [0.5, 0.6) is 17.2 Å². The summed E-state index contributed by atoms with van der Waals surface area (Å²) in [5.74, 6) is 0.161. The summed E-state index contributed by atoms with van der Waals surface area (Å²) >= 11 is 0. The van der Waals surface area contributed by atoms with Crippen LogP contribution in [0, 0.1) is 5.82 Å². The van der Waals surface area contributed by atoms with Crippen LogP contribution in [0.2, 0.25) is 0 Å². The quantitative estimate of drug-likeness (QED) is 0.401. The van der Waals surface area contributed by atoms with Crippen molar-refractivity contribution in [3.8, 4) is 17.2 Å². The average molecular weight is 522 g/mol. The van der Waals surface area contributed by atoms with Gasteiger partial charge in [-0.15, -0.1) is 0 Å². The number of benzene rings is 3. The Morgan fingerprint density at radius 2 is 1.66 bits per heavy atom. The molecule has 198 valence electrons. The second kappa shape index (κ2) is 11.6. The number of anilines is 2. The normalized spacial score (nSPS) is 15.0. The number of imide groups is 1. The summed E-state index contributed by atoms with van der Waals surface area (Å²) in [7, 11) is 4.57. The highest BCUT2D eigenvalue weighted by molar-refractivity contribution is 6.22. The van der Waals surface area contributed by atoms with E-state index in [1.54, 1.807) is 43.5 Å². The van der Waals surface area contributed by atoms with E-state index in [1.807, 2.05) is 6.07 Å². The Bertz CT molecular complexity index is 1330. The zero-order valence-corrected chi connectivity index (χ0v) is 21.3. The Labute approximate surface area is 219 Å². The van der Waals surface area contributed by atoms with Crippen LogP contribution in [-0.2, 0) is 16.0 Å². The van der Waals surface area contributed by atoms with Crippen molar-refractivity contribution in [2.45, 2.75) is 18.9 Å². The summed E-state index contributed by atoms with van der Waals surface area (Å²) in [4.78, 5) is 42.3. The van der Waals surface area contributed by atoms with Crippen molar-refractivity contribution in [3.63, 3.8) is 0 Å². The molecule has 0 saturated carbocycles. The Balaban J connectivity index is 1.58. The van der Waals surface area contributed by atoms with E-state index in [-0.39, 0.29) is 13.0 Å². The molecule has 1 N–H and O–H groups in total. The number of amides is 4. The van der Waals surface area contributed by atoms with Crippen molar-refractivity contribution < 1.29 is 33.0 Å². The number of urea groups is 1. The predicted molar refractivity (Wildman–Crippen MR) is 139 cm³/mol. The number of methoxy groups -OCH3 is 3. The van der Waals surface area contributed by atoms with Crippen LogP contribution < -0.4 is 24.4 Å². The van der Waals surface area contributed by atoms with Gasteiger partial charge in [-0.25, -0.2) is 14.1 Å². The lowest BCUT2D eigenvalue weighted by molar-refractivity contribution is -0.124. The lowest BCUT2D eigenvalue weighted by Gasteiger charge is -2.22. The van der Waals surface area contributed by atoms with Gasteiger partial charge in [-0.1, -0.05) is 12.1 Å². The van der Waals surface area contributed by atoms with Crippen molar-refractivity contribution in [2.24, 2.45) is 0 Å². The van der Waals surface area contributed by atoms with Gasteiger partial charge in [0.25, 0.3) is 5.91 Å². The molecule has 38 heavy (non-hydrogen) atoms. The number of hydrogen-bond acceptors (Lipinski definition) is 6. The lowest BCUT2D eigenvalue weighted by atomic mass is 10.1. The van der Waals surface area contributed by atoms with Gasteiger partial charge >= 0.3 is 6.03 Å². The molecule has 0 aromatic heterocycles. The minimum atomic E-state index is -1.03. The molecule has 10 heteroatoms. The molecule has 1 fully saturated rings. The molecule has 3 aromatic carbocycles. The van der Waals surface area contributed by atoms with Crippen molar-refractivity contribution in [2.75, 3.05) is 38.1 Å². The molecule has 1 saturated heterocycles. The van der Waals surface area contributed by atoms with Gasteiger partial charge in [0.1, 0.15) is 17.6 Å². The average Bonchev–Trinajstić information content (AvgIpc) is 3.16. The summed E-state index contributed by atoms with van der Waals surface area (Å²) < 4.78 is 29.1. The molecule has 0 radical (unpaired) electrons. The Kier molecular flexibility index (Phi) is 8.10. The number of nitrogens with zero attached hydrogens (tertiary/aromatic N) is 2. The minimum Gasteiger partial charge on any atom is -0.497 e. The molecule has 1 aliphatic rings. The van der Waals surface area contributed by atoms with Crippen LogP contribution in [0.1, 0.15) is 12.0 Å². The third-order valence-corrected chi connectivity index (χ3v) is 6.23. The molecule has 0 unspecified atom stereocenters. The van der Waals surface area contributed by atoms with E-state index in [1.165, 1.54) is 43.4 Å². The van der Waals surface area contributed by atoms with Gasteiger partial charge in [0.05, 0.1) is 33.4 Å². The Hall–Kier alpha value is -4.60. The second-order valence-corrected chi connectivity index (χ2v) is 8.57. The van der Waals surface area contributed by atoms with E-state index >= 15 is 0 Å². The van der Waals surface area contributed by atoms with Gasteiger partial charge in [-0.3, -0.25) is 9.59 Å². The highest BCUT2D eigenvalue weighted by Gasteiger charge is 2.46. The molecule has 0 spiro atoms. The first-order chi connectivity index (χ1) is 18.3. The summed E-state index contributed by atoms with van der Waals surface area (Å²) in [5.41, 5.74) is 1.59. The highest BCUT2D eigenvalue weighted by Crippen LogP contribution is 2.31. The Morgan fingerprint density at radius 1 is 0.921 bits per heavy atom. The zero-order valence-electron chi connectivity index (χ0n) is 21.3. The number of carbonyl (C=O) groups excluding carboxylic acids is 3. The third kappa shape index (κ3) is 5.69. The number of nitrogens with one attached hydrogen (secondary N) is 1. The van der Waals surface area contributed by atoms with Crippen LogP contribution in [0.3, 0.4) is 0 Å². The standard InChI is InChI=1S/C28H28FN3O6/c1-36-22-6-4-5-21(16-22)32-27(34)23(17-26(33)30-20-10-8-19(29)9-11-20)31(28(32)35)14-13-18-7-12-24(37-2)25(15-18)38-3/h4-12,15-16,23H,13-14,17H2,1-3H3,(H,30,33)/t23-/m0/s1. The number of carbonyl (C=O) groups is 3. The molecular formula is C28H28FN3O6. The summed E-state index contributed by atoms with van der Waals surface area (Å²) in [6.07, 6.45) is 0.135. The zero-order chi connectivity index (χ0) is 27.2. The molecule has 0 aliphatic carbocycles. The maximum absolute atomic E-state index is 13.5. The molecule has 3 aromatic rings. The monoisotopic (exact) mass is 521 g/mol. The van der Waals surface area contributed by atoms with Gasteiger partial charge in [-0.2, -0.15) is 0 Å². The molecular weight excluding hydrogens is 493 g/mol. The van der Waals surface area contributed by atoms with E-state index in [4.69, 9.17) is 14.2 Å². The van der Waals surface area contributed by atoms with Gasteiger partial charge in [0.15, 0.2) is 11.5 Å². The fourth-order valence-corrected chi connectivity index (χ4v) is 4.28. The fraction of sp³-hybridized carbons (Fsp3) is 0.250. The molecule has 9 nitrogen and oxygen atoms in total. The second-order valence-electron chi connectivity index (χ2n) is 8.57. The number of hydrogen-bond donors (Lipinski definition) is 1. The first-order valence-corrected chi connectivity index (χ1v) is 11.9. The number of ether oxygens (including phenoxy) is 3. The van der Waals surface area contributed by atoms with Crippen molar-refractivity contribution in [1.82, 2.24) is 4.90 Å². The smallest absolute Gasteiger partial charge is 0.332 e. The summed E-state index contributed by atoms with van der Waals surface area (Å²) in [5, 5.41) is 2.66. The maximum atomic E-state index is 13.5. The minimum absolute atomic E-state index is 0.176. The van der Waals surface area contributed by atoms with E-state index < -0.39 is 29.7 Å². The van der Waals surface area contributed by atoms with Crippen LogP contribution in [0.4, 0.5) is 20.6 Å². The van der Waals surface area contributed by atoms with Crippen molar-refractivity contribution in [3.05, 3.63) is 78.1 Å². The summed E-state index contributed by atoms with van der Waals surface area (Å²) in [6, 6.07) is 15.7. The fourth-order valence-electron chi connectivity index (χ4n) is 4.28. The molecule has 1 aliphatic heterocycles. The third-order valence-electron chi connectivity index (χ3n) is 6.23. The molecule has 0 bridgehead atoms. The van der Waals surface area contributed by atoms with E-state index in [9.17, 15) is 18.8 Å². The van der Waals surface area contributed by atoms with Gasteiger partial charge in [0.2, 0.25) is 5.91 Å². The first-order valence-electron chi connectivity index (χ1n) is 11.9. The molecule has 4 rings (SSSR count). The van der Waals surface area contributed by atoms with Crippen LogP contribution >= 0.6 is 0 Å². The van der Waals surface area contributed by atoms with E-state index in [0.29, 0.717) is 35.0 Å². The predicted octanol–water partition coefficient (Wildman–Crippen LogP) is 4.26. The molecule has 4 amide bonds. The largest absolute Gasteiger partial charge is 0.497 e. The first kappa shape index (κ1) is 26.5. The topological polar surface area (TPSA) is 97.4 Å². The van der Waals surface area contributed by atoms with Crippen LogP contribution in [0.15, 0.2) is 66.7 Å². The van der Waals surface area contributed by atoms with Gasteiger partial charge in [0, 0.05) is 18.3 Å². The van der Waals surface area contributed by atoms with Gasteiger partial charge < -0.3 is 24.4 Å². The SMILES string of the molecule is COc1cccc(N2C(=O)[C@H](CC(=O)Nc3ccc(F)cc3)N(CCc3ccc(OC)c(OC)c3)C2=O)c1. The molecule has 1 heterocycles. The van der Waals surface area contributed by atoms with Crippen molar-refractivity contribution >= 4 is 29.2 Å². The van der Waals surface area contributed by atoms with Gasteiger partial charge in [-0.05, 0) is 60.5 Å². The molecule has 1 atom stereocenters. The summed E-state index contributed by atoms with van der Waals surface area (Å²) in [6.45, 7) is 0.176. The van der Waals surface area contributed by atoms with Crippen LogP contribution in [-0.4, -0.2) is 56.7 Å². The van der Waals surface area contributed by atoms with Crippen molar-refractivity contribution in [1.29, 1.82) is 0 Å².